The molecule has 22 heavy (non-hydrogen) atoms. The molecule has 118 valence electrons. The summed E-state index contributed by atoms with van der Waals surface area (Å²) in [6.07, 6.45) is 1.63. The van der Waals surface area contributed by atoms with Crippen LogP contribution in [0.3, 0.4) is 0 Å². The lowest BCUT2D eigenvalue weighted by atomic mass is 10.1. The maximum Gasteiger partial charge on any atom is 0.244 e. The SMILES string of the molecule is CCOc1cc(C)c(C)cc1S(=O)(=O)NCc1ccccn1. The molecule has 0 bridgehead atoms. The van der Waals surface area contributed by atoms with Gasteiger partial charge < -0.3 is 4.74 Å². The Balaban J connectivity index is 2.30. The lowest BCUT2D eigenvalue weighted by molar-refractivity contribution is 0.330. The van der Waals surface area contributed by atoms with Crippen molar-refractivity contribution in [2.24, 2.45) is 0 Å². The molecule has 0 aliphatic heterocycles. The van der Waals surface area contributed by atoms with E-state index in [1.165, 1.54) is 0 Å². The van der Waals surface area contributed by atoms with E-state index in [2.05, 4.69) is 9.71 Å². The fourth-order valence-corrected chi connectivity index (χ4v) is 3.20. The normalized spacial score (nSPS) is 11.4. The van der Waals surface area contributed by atoms with Crippen LogP contribution in [0.2, 0.25) is 0 Å². The minimum atomic E-state index is -3.67. The Labute approximate surface area is 131 Å². The Kier molecular flexibility index (Phi) is 5.15. The third-order valence-corrected chi connectivity index (χ3v) is 4.74. The summed E-state index contributed by atoms with van der Waals surface area (Å²) < 4.78 is 33.1. The highest BCUT2D eigenvalue weighted by Crippen LogP contribution is 2.27. The van der Waals surface area contributed by atoms with Crippen molar-refractivity contribution in [2.75, 3.05) is 6.61 Å². The van der Waals surface area contributed by atoms with Gasteiger partial charge in [0.05, 0.1) is 18.8 Å². The number of nitrogens with one attached hydrogen (secondary N) is 1. The van der Waals surface area contributed by atoms with Gasteiger partial charge in [-0.05, 0) is 56.2 Å². The van der Waals surface area contributed by atoms with Gasteiger partial charge in [-0.15, -0.1) is 0 Å². The lowest BCUT2D eigenvalue weighted by Gasteiger charge is -2.14. The topological polar surface area (TPSA) is 68.3 Å². The predicted molar refractivity (Wildman–Crippen MR) is 85.3 cm³/mol. The molecule has 1 aromatic heterocycles. The van der Waals surface area contributed by atoms with Crippen molar-refractivity contribution in [3.05, 3.63) is 53.3 Å². The van der Waals surface area contributed by atoms with Gasteiger partial charge in [0.1, 0.15) is 10.6 Å². The molecule has 0 spiro atoms. The van der Waals surface area contributed by atoms with E-state index in [1.807, 2.05) is 26.8 Å². The van der Waals surface area contributed by atoms with E-state index in [-0.39, 0.29) is 11.4 Å². The summed E-state index contributed by atoms with van der Waals surface area (Å²) in [4.78, 5) is 4.27. The van der Waals surface area contributed by atoms with Gasteiger partial charge in [-0.25, -0.2) is 13.1 Å². The first-order valence-electron chi connectivity index (χ1n) is 7.07. The zero-order valence-electron chi connectivity index (χ0n) is 13.0. The molecule has 0 unspecified atom stereocenters. The van der Waals surface area contributed by atoms with Gasteiger partial charge in [-0.3, -0.25) is 4.98 Å². The molecule has 5 nitrogen and oxygen atoms in total. The quantitative estimate of drug-likeness (QED) is 0.888. The smallest absolute Gasteiger partial charge is 0.244 e. The zero-order valence-corrected chi connectivity index (χ0v) is 13.8. The highest BCUT2D eigenvalue weighted by molar-refractivity contribution is 7.89. The molecule has 0 saturated heterocycles. The first-order valence-corrected chi connectivity index (χ1v) is 8.56. The summed E-state index contributed by atoms with van der Waals surface area (Å²) in [5.41, 5.74) is 2.56. The van der Waals surface area contributed by atoms with Crippen molar-refractivity contribution in [3.63, 3.8) is 0 Å². The largest absolute Gasteiger partial charge is 0.492 e. The molecule has 1 heterocycles. The first kappa shape index (κ1) is 16.5. The second-order valence-corrected chi connectivity index (χ2v) is 6.70. The summed E-state index contributed by atoms with van der Waals surface area (Å²) in [6.45, 7) is 6.18. The van der Waals surface area contributed by atoms with Crippen molar-refractivity contribution in [3.8, 4) is 5.75 Å². The maximum absolute atomic E-state index is 12.5. The Bertz CT molecular complexity index is 743. The van der Waals surface area contributed by atoms with Crippen molar-refractivity contribution >= 4 is 10.0 Å². The van der Waals surface area contributed by atoms with Gasteiger partial charge in [-0.1, -0.05) is 6.07 Å². The van der Waals surface area contributed by atoms with Gasteiger partial charge in [0, 0.05) is 6.20 Å². The molecule has 1 N–H and O–H groups in total. The van der Waals surface area contributed by atoms with Gasteiger partial charge in [-0.2, -0.15) is 0 Å². The molecular formula is C16H20N2O3S. The van der Waals surface area contributed by atoms with Gasteiger partial charge >= 0.3 is 0 Å². The van der Waals surface area contributed by atoms with Crippen LogP contribution in [0.5, 0.6) is 5.75 Å². The van der Waals surface area contributed by atoms with Crippen molar-refractivity contribution < 1.29 is 13.2 Å². The minimum absolute atomic E-state index is 0.141. The summed E-state index contributed by atoms with van der Waals surface area (Å²) in [5.74, 6) is 0.374. The van der Waals surface area contributed by atoms with E-state index in [9.17, 15) is 8.42 Å². The minimum Gasteiger partial charge on any atom is -0.492 e. The summed E-state index contributed by atoms with van der Waals surface area (Å²) in [6, 6.07) is 8.77. The third-order valence-electron chi connectivity index (χ3n) is 3.32. The molecule has 0 aliphatic rings. The van der Waals surface area contributed by atoms with E-state index < -0.39 is 10.0 Å². The van der Waals surface area contributed by atoms with E-state index in [0.717, 1.165) is 11.1 Å². The fraction of sp³-hybridized carbons (Fsp3) is 0.312. The molecular weight excluding hydrogens is 300 g/mol. The maximum atomic E-state index is 12.5. The van der Waals surface area contributed by atoms with E-state index >= 15 is 0 Å². The van der Waals surface area contributed by atoms with Crippen LogP contribution in [0.25, 0.3) is 0 Å². The molecule has 0 aliphatic carbocycles. The van der Waals surface area contributed by atoms with Crippen LogP contribution in [0.15, 0.2) is 41.4 Å². The van der Waals surface area contributed by atoms with E-state index in [4.69, 9.17) is 4.74 Å². The van der Waals surface area contributed by atoms with Crippen LogP contribution < -0.4 is 9.46 Å². The number of pyridine rings is 1. The number of hydrogen-bond donors (Lipinski definition) is 1. The molecule has 6 heteroatoms. The zero-order chi connectivity index (χ0) is 16.2. The van der Waals surface area contributed by atoms with Gasteiger partial charge in [0.2, 0.25) is 10.0 Å². The van der Waals surface area contributed by atoms with Crippen LogP contribution in [-0.2, 0) is 16.6 Å². The number of aromatic nitrogens is 1. The second-order valence-electron chi connectivity index (χ2n) is 4.96. The van der Waals surface area contributed by atoms with Crippen LogP contribution in [0.4, 0.5) is 0 Å². The van der Waals surface area contributed by atoms with Crippen LogP contribution >= 0.6 is 0 Å². The molecule has 1 aromatic carbocycles. The third kappa shape index (κ3) is 3.84. The predicted octanol–water partition coefficient (Wildman–Crippen LogP) is 2.58. The number of hydrogen-bond acceptors (Lipinski definition) is 4. The number of rotatable bonds is 6. The van der Waals surface area contributed by atoms with Crippen molar-refractivity contribution in [2.45, 2.75) is 32.2 Å². The summed E-state index contributed by atoms with van der Waals surface area (Å²) in [7, 11) is -3.67. The monoisotopic (exact) mass is 320 g/mol. The first-order chi connectivity index (χ1) is 10.4. The Morgan fingerprint density at radius 3 is 2.55 bits per heavy atom. The van der Waals surface area contributed by atoms with Gasteiger partial charge in [0.15, 0.2) is 0 Å². The second kappa shape index (κ2) is 6.89. The Hall–Kier alpha value is -1.92. The van der Waals surface area contributed by atoms with Crippen LogP contribution in [0, 0.1) is 13.8 Å². The number of ether oxygens (including phenoxy) is 1. The van der Waals surface area contributed by atoms with Gasteiger partial charge in [0.25, 0.3) is 0 Å². The average Bonchev–Trinajstić information content (AvgIpc) is 2.50. The highest BCUT2D eigenvalue weighted by Gasteiger charge is 2.20. The molecule has 0 radical (unpaired) electrons. The Morgan fingerprint density at radius 2 is 1.91 bits per heavy atom. The highest BCUT2D eigenvalue weighted by atomic mass is 32.2. The number of sulfonamides is 1. The van der Waals surface area contributed by atoms with Crippen molar-refractivity contribution in [1.29, 1.82) is 0 Å². The van der Waals surface area contributed by atoms with Crippen molar-refractivity contribution in [1.82, 2.24) is 9.71 Å². The molecule has 0 amide bonds. The average molecular weight is 320 g/mol. The van der Waals surface area contributed by atoms with E-state index in [1.54, 1.807) is 30.5 Å². The molecule has 0 atom stereocenters. The van der Waals surface area contributed by atoms with Crippen LogP contribution in [0.1, 0.15) is 23.7 Å². The molecule has 0 saturated carbocycles. The standard InChI is InChI=1S/C16H20N2O3S/c1-4-21-15-9-12(2)13(3)10-16(15)22(19,20)18-11-14-7-5-6-8-17-14/h5-10,18H,4,11H2,1-3H3. The molecule has 0 fully saturated rings. The Morgan fingerprint density at radius 1 is 1.18 bits per heavy atom. The van der Waals surface area contributed by atoms with Crippen LogP contribution in [-0.4, -0.2) is 20.0 Å². The lowest BCUT2D eigenvalue weighted by Crippen LogP contribution is -2.24. The molecule has 2 rings (SSSR count). The summed E-state index contributed by atoms with van der Waals surface area (Å²) in [5, 5.41) is 0. The number of nitrogens with zero attached hydrogens (tertiary/aromatic N) is 1. The summed E-state index contributed by atoms with van der Waals surface area (Å²) >= 11 is 0. The number of aryl methyl sites for hydroxylation is 2. The van der Waals surface area contributed by atoms with E-state index in [0.29, 0.717) is 18.1 Å². The fourth-order valence-electron chi connectivity index (χ4n) is 1.99. The molecule has 2 aromatic rings. The number of benzene rings is 1.